The molecule has 0 saturated carbocycles. The van der Waals surface area contributed by atoms with Crippen molar-refractivity contribution >= 4 is 27.3 Å². The molecule has 0 aliphatic carbocycles. The maximum atomic E-state index is 13.6. The van der Waals surface area contributed by atoms with Crippen molar-refractivity contribution in [1.29, 1.82) is 0 Å². The molecule has 3 aromatic rings. The zero-order valence-corrected chi connectivity index (χ0v) is 22.4. The molecule has 1 amide bonds. The Morgan fingerprint density at radius 3 is 2.27 bits per heavy atom. The van der Waals surface area contributed by atoms with Crippen LogP contribution in [0.15, 0.2) is 83.8 Å². The van der Waals surface area contributed by atoms with Crippen LogP contribution in [0.1, 0.15) is 38.3 Å². The van der Waals surface area contributed by atoms with Gasteiger partial charge in [0.25, 0.3) is 10.0 Å². The van der Waals surface area contributed by atoms with Crippen molar-refractivity contribution < 1.29 is 17.9 Å². The van der Waals surface area contributed by atoms with E-state index >= 15 is 0 Å². The number of hydrogen-bond donors (Lipinski definition) is 1. The molecule has 8 heteroatoms. The Morgan fingerprint density at radius 2 is 1.62 bits per heavy atom. The summed E-state index contributed by atoms with van der Waals surface area (Å²) in [6.45, 7) is 5.93. The summed E-state index contributed by atoms with van der Waals surface area (Å²) in [5.41, 5.74) is 2.44. The minimum Gasteiger partial charge on any atom is -0.495 e. The van der Waals surface area contributed by atoms with Gasteiger partial charge in [0.15, 0.2) is 0 Å². The number of amides is 1. The van der Waals surface area contributed by atoms with Crippen LogP contribution in [0.3, 0.4) is 0 Å². The number of carbonyl (C=O) groups excluding carboxylic acids is 1. The lowest BCUT2D eigenvalue weighted by Gasteiger charge is -2.32. The van der Waals surface area contributed by atoms with Gasteiger partial charge in [-0.2, -0.15) is 0 Å². The van der Waals surface area contributed by atoms with Gasteiger partial charge in [0, 0.05) is 18.8 Å². The third-order valence-electron chi connectivity index (χ3n) is 6.89. The zero-order valence-electron chi connectivity index (χ0n) is 21.6. The normalized spacial score (nSPS) is 15.2. The van der Waals surface area contributed by atoms with Crippen molar-refractivity contribution in [3.05, 3.63) is 84.4 Å². The highest BCUT2D eigenvalue weighted by atomic mass is 32.2. The highest BCUT2D eigenvalue weighted by Gasteiger charge is 2.29. The second-order valence-electron chi connectivity index (χ2n) is 9.55. The van der Waals surface area contributed by atoms with Crippen molar-refractivity contribution in [2.45, 2.75) is 37.6 Å². The third-order valence-corrected chi connectivity index (χ3v) is 8.67. The van der Waals surface area contributed by atoms with Crippen LogP contribution in [0, 0.1) is 5.92 Å². The number of nitrogens with one attached hydrogen (secondary N) is 1. The number of carbonyl (C=O) groups is 1. The van der Waals surface area contributed by atoms with Gasteiger partial charge in [-0.3, -0.25) is 9.10 Å². The monoisotopic (exact) mass is 521 g/mol. The molecule has 3 aromatic carbocycles. The first-order chi connectivity index (χ1) is 17.8. The first-order valence-electron chi connectivity index (χ1n) is 12.6. The van der Waals surface area contributed by atoms with E-state index in [1.54, 1.807) is 42.5 Å². The number of sulfonamides is 1. The highest BCUT2D eigenvalue weighted by molar-refractivity contribution is 7.92. The molecule has 1 aliphatic heterocycles. The molecule has 1 unspecified atom stereocenters. The van der Waals surface area contributed by atoms with Crippen LogP contribution in [0.4, 0.5) is 11.4 Å². The van der Waals surface area contributed by atoms with Crippen molar-refractivity contribution in [3.63, 3.8) is 0 Å². The molecule has 0 radical (unpaired) electrons. The predicted molar refractivity (Wildman–Crippen MR) is 148 cm³/mol. The molecule has 1 fully saturated rings. The van der Waals surface area contributed by atoms with E-state index in [0.717, 1.165) is 28.9 Å². The summed E-state index contributed by atoms with van der Waals surface area (Å²) in [5.74, 6) is 0.726. The molecule has 0 spiro atoms. The van der Waals surface area contributed by atoms with E-state index < -0.39 is 15.9 Å². The number of nitrogens with zero attached hydrogens (tertiary/aromatic N) is 2. The Balaban J connectivity index is 1.51. The first kappa shape index (κ1) is 26.5. The number of methoxy groups -OCH3 is 1. The quantitative estimate of drug-likeness (QED) is 0.429. The molecule has 1 aliphatic rings. The summed E-state index contributed by atoms with van der Waals surface area (Å²) >= 11 is 0. The van der Waals surface area contributed by atoms with Gasteiger partial charge in [0.1, 0.15) is 12.3 Å². The minimum absolute atomic E-state index is 0.101. The van der Waals surface area contributed by atoms with E-state index in [1.807, 2.05) is 19.1 Å². The molecular formula is C29H35N3O4S. The van der Waals surface area contributed by atoms with E-state index in [-0.39, 0.29) is 17.5 Å². The fraction of sp³-hybridized carbons (Fsp3) is 0.345. The van der Waals surface area contributed by atoms with E-state index in [4.69, 9.17) is 4.74 Å². The van der Waals surface area contributed by atoms with Crippen molar-refractivity contribution in [2.24, 2.45) is 5.92 Å². The number of anilines is 2. The molecule has 4 rings (SSSR count). The SMILES string of the molecule is COc1ccccc1N(CC(=O)NC(C)c1ccc(N2CCC(C)CC2)cc1)S(=O)(=O)c1ccccc1. The fourth-order valence-corrected chi connectivity index (χ4v) is 6.05. The molecule has 196 valence electrons. The molecule has 37 heavy (non-hydrogen) atoms. The van der Waals surface area contributed by atoms with E-state index in [9.17, 15) is 13.2 Å². The number of benzene rings is 3. The van der Waals surface area contributed by atoms with Gasteiger partial charge < -0.3 is 15.0 Å². The average Bonchev–Trinajstić information content (AvgIpc) is 2.92. The Hall–Kier alpha value is -3.52. The average molecular weight is 522 g/mol. The largest absolute Gasteiger partial charge is 0.495 e. The second kappa shape index (κ2) is 11.7. The van der Waals surface area contributed by atoms with Gasteiger partial charge in [-0.15, -0.1) is 0 Å². The van der Waals surface area contributed by atoms with Gasteiger partial charge in [0.05, 0.1) is 23.7 Å². The number of piperidine rings is 1. The first-order valence-corrected chi connectivity index (χ1v) is 14.1. The molecule has 1 N–H and O–H groups in total. The maximum absolute atomic E-state index is 13.6. The van der Waals surface area contributed by atoms with Gasteiger partial charge in [0.2, 0.25) is 5.91 Å². The Kier molecular flexibility index (Phi) is 8.38. The van der Waals surface area contributed by atoms with Crippen LogP contribution >= 0.6 is 0 Å². The lowest BCUT2D eigenvalue weighted by Crippen LogP contribution is -2.41. The summed E-state index contributed by atoms with van der Waals surface area (Å²) < 4.78 is 33.7. The molecule has 1 saturated heterocycles. The summed E-state index contributed by atoms with van der Waals surface area (Å²) in [5, 5.41) is 2.96. The van der Waals surface area contributed by atoms with E-state index in [0.29, 0.717) is 11.4 Å². The number of para-hydroxylation sites is 2. The van der Waals surface area contributed by atoms with Crippen LogP contribution in [0.25, 0.3) is 0 Å². The lowest BCUT2D eigenvalue weighted by molar-refractivity contribution is -0.120. The third kappa shape index (κ3) is 6.25. The van der Waals surface area contributed by atoms with Gasteiger partial charge in [-0.25, -0.2) is 8.42 Å². The minimum atomic E-state index is -4.02. The van der Waals surface area contributed by atoms with Crippen LogP contribution in [-0.4, -0.2) is 41.1 Å². The molecule has 0 bridgehead atoms. The second-order valence-corrected chi connectivity index (χ2v) is 11.4. The van der Waals surface area contributed by atoms with Gasteiger partial charge >= 0.3 is 0 Å². The standard InChI is InChI=1S/C29H35N3O4S/c1-22-17-19-31(20-18-22)25-15-13-24(14-16-25)23(2)30-29(33)21-32(27-11-7-8-12-28(27)36-3)37(34,35)26-9-5-4-6-10-26/h4-16,22-23H,17-21H2,1-3H3,(H,30,33). The van der Waals surface area contributed by atoms with Crippen LogP contribution < -0.4 is 19.3 Å². The van der Waals surface area contributed by atoms with E-state index in [1.165, 1.54) is 37.8 Å². The predicted octanol–water partition coefficient (Wildman–Crippen LogP) is 5.00. The maximum Gasteiger partial charge on any atom is 0.264 e. The summed E-state index contributed by atoms with van der Waals surface area (Å²) in [6.07, 6.45) is 2.39. The van der Waals surface area contributed by atoms with Crippen LogP contribution in [0.5, 0.6) is 5.75 Å². The number of rotatable bonds is 9. The lowest BCUT2D eigenvalue weighted by atomic mass is 9.98. The number of ether oxygens (including phenoxy) is 1. The Bertz CT molecular complexity index is 1290. The zero-order chi connectivity index (χ0) is 26.4. The Labute approximate surface area is 220 Å². The topological polar surface area (TPSA) is 79.0 Å². The number of hydrogen-bond acceptors (Lipinski definition) is 5. The Morgan fingerprint density at radius 1 is 1.00 bits per heavy atom. The van der Waals surface area contributed by atoms with Crippen LogP contribution in [0.2, 0.25) is 0 Å². The van der Waals surface area contributed by atoms with Gasteiger partial charge in [-0.1, -0.05) is 49.4 Å². The molecule has 7 nitrogen and oxygen atoms in total. The summed E-state index contributed by atoms with van der Waals surface area (Å²) in [4.78, 5) is 15.7. The smallest absolute Gasteiger partial charge is 0.264 e. The van der Waals surface area contributed by atoms with Crippen molar-refractivity contribution in [1.82, 2.24) is 5.32 Å². The molecule has 0 aromatic heterocycles. The van der Waals surface area contributed by atoms with Crippen molar-refractivity contribution in [3.8, 4) is 5.75 Å². The van der Waals surface area contributed by atoms with Crippen LogP contribution in [-0.2, 0) is 14.8 Å². The fourth-order valence-electron chi connectivity index (χ4n) is 4.60. The highest BCUT2D eigenvalue weighted by Crippen LogP contribution is 2.32. The summed E-state index contributed by atoms with van der Waals surface area (Å²) in [6, 6.07) is 22.8. The molecular weight excluding hydrogens is 486 g/mol. The van der Waals surface area contributed by atoms with Gasteiger partial charge in [-0.05, 0) is 67.6 Å². The molecule has 1 atom stereocenters. The van der Waals surface area contributed by atoms with E-state index in [2.05, 4.69) is 29.3 Å². The molecule has 1 heterocycles. The summed E-state index contributed by atoms with van der Waals surface area (Å²) in [7, 11) is -2.54. The van der Waals surface area contributed by atoms with Crippen molar-refractivity contribution in [2.75, 3.05) is 35.9 Å².